The first kappa shape index (κ1) is 25.3. The van der Waals surface area contributed by atoms with Crippen molar-refractivity contribution in [3.63, 3.8) is 0 Å². The van der Waals surface area contributed by atoms with Crippen molar-refractivity contribution in [2.24, 2.45) is 14.1 Å². The van der Waals surface area contributed by atoms with Crippen LogP contribution in [-0.4, -0.2) is 42.2 Å². The van der Waals surface area contributed by atoms with Gasteiger partial charge < -0.3 is 23.7 Å². The van der Waals surface area contributed by atoms with Crippen molar-refractivity contribution in [2.75, 3.05) is 21.3 Å². The van der Waals surface area contributed by atoms with E-state index in [2.05, 4.69) is 0 Å². The molecule has 10 nitrogen and oxygen atoms in total. The predicted octanol–water partition coefficient (Wildman–Crippen LogP) is 3.96. The van der Waals surface area contributed by atoms with E-state index in [1.165, 1.54) is 21.3 Å². The van der Waals surface area contributed by atoms with Crippen LogP contribution in [-0.2, 0) is 18.9 Å². The average Bonchev–Trinajstić information content (AvgIpc) is 3.39. The van der Waals surface area contributed by atoms with Crippen molar-refractivity contribution >= 4 is 28.9 Å². The Morgan fingerprint density at radius 1 is 0.850 bits per heavy atom. The van der Waals surface area contributed by atoms with Crippen LogP contribution in [0.5, 0.6) is 28.7 Å². The molecule has 2 aliphatic heterocycles. The normalized spacial score (nSPS) is 16.9. The third kappa shape index (κ3) is 3.67. The minimum absolute atomic E-state index is 0.0514. The number of ketones is 1. The number of benzene rings is 3. The number of aromatic nitrogens is 2. The van der Waals surface area contributed by atoms with Crippen LogP contribution in [0, 0.1) is 0 Å². The lowest BCUT2D eigenvalue weighted by Crippen LogP contribution is -2.21. The fourth-order valence-electron chi connectivity index (χ4n) is 5.51. The molecule has 204 valence electrons. The highest BCUT2D eigenvalue weighted by Gasteiger charge is 2.39. The maximum Gasteiger partial charge on any atom is 0.328 e. The Morgan fingerprint density at radius 2 is 1.60 bits per heavy atom. The van der Waals surface area contributed by atoms with Gasteiger partial charge in [0.2, 0.25) is 11.5 Å². The van der Waals surface area contributed by atoms with Gasteiger partial charge in [-0.3, -0.25) is 18.7 Å². The Labute approximate surface area is 228 Å². The molecule has 2 aliphatic rings. The minimum Gasteiger partial charge on any atom is -0.493 e. The Balaban J connectivity index is 1.47. The first-order chi connectivity index (χ1) is 19.3. The number of carbonyl (C=O) groups excluding carboxylic acids is 2. The van der Waals surface area contributed by atoms with E-state index in [1.807, 2.05) is 18.2 Å². The topological polar surface area (TPSA) is 107 Å². The molecule has 40 heavy (non-hydrogen) atoms. The van der Waals surface area contributed by atoms with E-state index in [1.54, 1.807) is 53.6 Å². The van der Waals surface area contributed by atoms with Gasteiger partial charge in [-0.05, 0) is 48.0 Å². The third-order valence-electron chi connectivity index (χ3n) is 7.50. The Kier molecular flexibility index (Phi) is 5.90. The summed E-state index contributed by atoms with van der Waals surface area (Å²) in [4.78, 5) is 38.6. The van der Waals surface area contributed by atoms with Crippen LogP contribution < -0.4 is 29.4 Å². The van der Waals surface area contributed by atoms with Gasteiger partial charge in [-0.15, -0.1) is 0 Å². The second-order valence-corrected chi connectivity index (χ2v) is 9.60. The standard InChI is InChI=1S/C30H26N2O8/c1-31-19-9-6-15(12-20(19)32(2)30(31)35)18-14-24(33)39-21-11-8-17-26(34)23(40-28(17)25(18)21)13-16-7-10-22(36-3)29(38-5)27(16)37-4/h6-13,18H,14H2,1-5H3/b23-13-. The molecular formula is C30H26N2O8. The van der Waals surface area contributed by atoms with Crippen molar-refractivity contribution in [2.45, 2.75) is 12.3 Å². The molecule has 1 atom stereocenters. The first-order valence-corrected chi connectivity index (χ1v) is 12.5. The highest BCUT2D eigenvalue weighted by molar-refractivity contribution is 6.15. The number of hydrogen-bond donors (Lipinski definition) is 0. The lowest BCUT2D eigenvalue weighted by Gasteiger charge is -2.26. The number of hydrogen-bond acceptors (Lipinski definition) is 8. The van der Waals surface area contributed by atoms with Crippen LogP contribution in [0.1, 0.15) is 39.4 Å². The summed E-state index contributed by atoms with van der Waals surface area (Å²) in [6.45, 7) is 0. The molecule has 0 spiro atoms. The number of rotatable bonds is 5. The number of Topliss-reactive ketones (excluding diaryl/α,β-unsaturated/α-hetero) is 1. The zero-order valence-electron chi connectivity index (χ0n) is 22.6. The van der Waals surface area contributed by atoms with Crippen molar-refractivity contribution in [3.05, 3.63) is 81.0 Å². The smallest absolute Gasteiger partial charge is 0.328 e. The molecule has 0 bridgehead atoms. The highest BCUT2D eigenvalue weighted by atomic mass is 16.5. The van der Waals surface area contributed by atoms with Crippen LogP contribution in [0.4, 0.5) is 0 Å². The van der Waals surface area contributed by atoms with E-state index >= 15 is 0 Å². The molecule has 0 aliphatic carbocycles. The van der Waals surface area contributed by atoms with E-state index in [0.717, 1.165) is 16.6 Å². The number of esters is 1. The SMILES string of the molecule is COc1ccc(/C=C2\Oc3c(ccc4c3C(c3ccc5c(c3)n(C)c(=O)n5C)CC(=O)O4)C2=O)c(OC)c1OC. The second-order valence-electron chi connectivity index (χ2n) is 9.60. The fraction of sp³-hybridized carbons (Fsp3) is 0.233. The van der Waals surface area contributed by atoms with Crippen molar-refractivity contribution in [3.8, 4) is 28.7 Å². The number of nitrogens with zero attached hydrogens (tertiary/aromatic N) is 2. The van der Waals surface area contributed by atoms with Crippen molar-refractivity contribution < 1.29 is 33.3 Å². The zero-order valence-corrected chi connectivity index (χ0v) is 22.6. The molecule has 0 fully saturated rings. The molecule has 4 aromatic rings. The van der Waals surface area contributed by atoms with Crippen LogP contribution >= 0.6 is 0 Å². The summed E-state index contributed by atoms with van der Waals surface area (Å²) in [7, 11) is 7.95. The fourth-order valence-corrected chi connectivity index (χ4v) is 5.51. The highest BCUT2D eigenvalue weighted by Crippen LogP contribution is 2.50. The van der Waals surface area contributed by atoms with Crippen LogP contribution in [0.15, 0.2) is 53.0 Å². The van der Waals surface area contributed by atoms with Gasteiger partial charge in [0.1, 0.15) is 11.5 Å². The number of allylic oxidation sites excluding steroid dienone is 1. The summed E-state index contributed by atoms with van der Waals surface area (Å²) in [6, 6.07) is 12.3. The summed E-state index contributed by atoms with van der Waals surface area (Å²) >= 11 is 0. The van der Waals surface area contributed by atoms with E-state index in [9.17, 15) is 14.4 Å². The molecule has 3 aromatic carbocycles. The first-order valence-electron chi connectivity index (χ1n) is 12.5. The molecule has 0 amide bonds. The summed E-state index contributed by atoms with van der Waals surface area (Å²) < 4.78 is 31.3. The Morgan fingerprint density at radius 3 is 2.33 bits per heavy atom. The van der Waals surface area contributed by atoms with Gasteiger partial charge in [0.05, 0.1) is 44.3 Å². The average molecular weight is 543 g/mol. The molecule has 0 radical (unpaired) electrons. The Hall–Kier alpha value is -4.99. The van der Waals surface area contributed by atoms with Gasteiger partial charge in [-0.1, -0.05) is 6.07 Å². The molecule has 3 heterocycles. The van der Waals surface area contributed by atoms with E-state index in [0.29, 0.717) is 45.4 Å². The van der Waals surface area contributed by atoms with Gasteiger partial charge in [0, 0.05) is 31.1 Å². The molecule has 0 saturated heterocycles. The summed E-state index contributed by atoms with van der Waals surface area (Å²) in [5, 5.41) is 0. The monoisotopic (exact) mass is 542 g/mol. The van der Waals surface area contributed by atoms with Crippen molar-refractivity contribution in [1.82, 2.24) is 9.13 Å². The summed E-state index contributed by atoms with van der Waals surface area (Å²) in [6.07, 6.45) is 1.64. The van der Waals surface area contributed by atoms with E-state index in [-0.39, 0.29) is 23.7 Å². The molecule has 10 heteroatoms. The quantitative estimate of drug-likeness (QED) is 0.212. The maximum atomic E-state index is 13.5. The van der Waals surface area contributed by atoms with Crippen LogP contribution in [0.25, 0.3) is 17.1 Å². The number of aryl methyl sites for hydroxylation is 2. The number of fused-ring (bicyclic) bond motifs is 4. The van der Waals surface area contributed by atoms with Gasteiger partial charge in [0.15, 0.2) is 17.3 Å². The Bertz CT molecular complexity index is 1830. The number of carbonyl (C=O) groups is 2. The van der Waals surface area contributed by atoms with Crippen LogP contribution in [0.2, 0.25) is 0 Å². The van der Waals surface area contributed by atoms with Gasteiger partial charge in [-0.2, -0.15) is 0 Å². The number of methoxy groups -OCH3 is 3. The molecule has 1 aromatic heterocycles. The van der Waals surface area contributed by atoms with Crippen LogP contribution in [0.3, 0.4) is 0 Å². The predicted molar refractivity (Wildman–Crippen MR) is 146 cm³/mol. The molecular weight excluding hydrogens is 516 g/mol. The maximum absolute atomic E-state index is 13.5. The number of imidazole rings is 1. The lowest BCUT2D eigenvalue weighted by molar-refractivity contribution is -0.135. The molecule has 0 N–H and O–H groups in total. The van der Waals surface area contributed by atoms with E-state index in [4.69, 9.17) is 23.7 Å². The largest absolute Gasteiger partial charge is 0.493 e. The number of ether oxygens (including phenoxy) is 5. The molecule has 6 rings (SSSR count). The van der Waals surface area contributed by atoms with Gasteiger partial charge in [-0.25, -0.2) is 4.79 Å². The van der Waals surface area contributed by atoms with E-state index < -0.39 is 11.9 Å². The molecule has 0 saturated carbocycles. The third-order valence-corrected chi connectivity index (χ3v) is 7.50. The zero-order chi connectivity index (χ0) is 28.3. The van der Waals surface area contributed by atoms with Gasteiger partial charge in [0.25, 0.3) is 0 Å². The summed E-state index contributed by atoms with van der Waals surface area (Å²) in [5.74, 6) is 0.859. The summed E-state index contributed by atoms with van der Waals surface area (Å²) in [5.41, 5.74) is 3.68. The second kappa shape index (κ2) is 9.33. The molecule has 1 unspecified atom stereocenters. The minimum atomic E-state index is -0.450. The lowest BCUT2D eigenvalue weighted by atomic mass is 9.84. The van der Waals surface area contributed by atoms with Crippen molar-refractivity contribution in [1.29, 1.82) is 0 Å². The van der Waals surface area contributed by atoms with Gasteiger partial charge >= 0.3 is 11.7 Å².